The molecule has 2 aromatic heterocycles. The maximum Gasteiger partial charge on any atom is 0.118 e. The number of hydrogen-bond acceptors (Lipinski definition) is 4. The molecule has 0 fully saturated rings. The molecule has 2 aromatic carbocycles. The molecular weight excluding hydrogens is 348 g/mol. The molecule has 28 heavy (non-hydrogen) atoms. The Morgan fingerprint density at radius 2 is 0.821 bits per heavy atom. The molecule has 2 heterocycles. The quantitative estimate of drug-likeness (QED) is 0.467. The van der Waals surface area contributed by atoms with Gasteiger partial charge in [-0.3, -0.25) is 9.97 Å². The van der Waals surface area contributed by atoms with Gasteiger partial charge in [-0.2, -0.15) is 0 Å². The summed E-state index contributed by atoms with van der Waals surface area (Å²) in [7, 11) is 3.33. The SMILES string of the molecule is COc1ccc(-c2ccc(-c3ccc(-c4ccc(OC)cc4)cn3)nc2)cc1. The van der Waals surface area contributed by atoms with Gasteiger partial charge in [-0.25, -0.2) is 0 Å². The molecule has 0 radical (unpaired) electrons. The van der Waals surface area contributed by atoms with Gasteiger partial charge in [0.2, 0.25) is 0 Å². The fraction of sp³-hybridized carbons (Fsp3) is 0.0833. The number of ether oxygens (including phenoxy) is 2. The van der Waals surface area contributed by atoms with E-state index in [1.807, 2.05) is 73.1 Å². The van der Waals surface area contributed by atoms with Crippen LogP contribution in [0.4, 0.5) is 0 Å². The lowest BCUT2D eigenvalue weighted by Crippen LogP contribution is -1.89. The molecule has 4 aromatic rings. The van der Waals surface area contributed by atoms with Crippen LogP contribution in [0.3, 0.4) is 0 Å². The average Bonchev–Trinajstić information content (AvgIpc) is 2.79. The molecule has 0 saturated carbocycles. The van der Waals surface area contributed by atoms with Crippen molar-refractivity contribution in [2.24, 2.45) is 0 Å². The summed E-state index contributed by atoms with van der Waals surface area (Å²) in [6, 6.07) is 24.0. The number of nitrogens with zero attached hydrogens (tertiary/aromatic N) is 2. The van der Waals surface area contributed by atoms with Gasteiger partial charge in [-0.05, 0) is 47.5 Å². The second-order valence-corrected chi connectivity index (χ2v) is 6.32. The molecule has 4 rings (SSSR count). The highest BCUT2D eigenvalue weighted by molar-refractivity contribution is 5.68. The fourth-order valence-electron chi connectivity index (χ4n) is 3.00. The van der Waals surface area contributed by atoms with E-state index >= 15 is 0 Å². The summed E-state index contributed by atoms with van der Waals surface area (Å²) < 4.78 is 10.4. The molecule has 0 aliphatic carbocycles. The number of pyridine rings is 2. The normalized spacial score (nSPS) is 10.5. The first-order valence-corrected chi connectivity index (χ1v) is 8.98. The largest absolute Gasteiger partial charge is 0.497 e. The summed E-state index contributed by atoms with van der Waals surface area (Å²) in [6.07, 6.45) is 3.74. The summed E-state index contributed by atoms with van der Waals surface area (Å²) in [4.78, 5) is 9.17. The van der Waals surface area contributed by atoms with E-state index < -0.39 is 0 Å². The van der Waals surface area contributed by atoms with Crippen LogP contribution in [0.5, 0.6) is 11.5 Å². The molecule has 0 aliphatic heterocycles. The zero-order valence-corrected chi connectivity index (χ0v) is 15.8. The van der Waals surface area contributed by atoms with Gasteiger partial charge in [0, 0.05) is 23.5 Å². The topological polar surface area (TPSA) is 44.2 Å². The Morgan fingerprint density at radius 3 is 1.11 bits per heavy atom. The third-order valence-electron chi connectivity index (χ3n) is 4.64. The highest BCUT2D eigenvalue weighted by atomic mass is 16.5. The van der Waals surface area contributed by atoms with Gasteiger partial charge in [0.05, 0.1) is 25.6 Å². The van der Waals surface area contributed by atoms with E-state index in [1.54, 1.807) is 14.2 Å². The number of hydrogen-bond donors (Lipinski definition) is 0. The summed E-state index contributed by atoms with van der Waals surface area (Å²) in [5.74, 6) is 1.68. The molecule has 0 amide bonds. The van der Waals surface area contributed by atoms with Gasteiger partial charge in [0.25, 0.3) is 0 Å². The van der Waals surface area contributed by atoms with E-state index in [4.69, 9.17) is 9.47 Å². The molecule has 0 N–H and O–H groups in total. The van der Waals surface area contributed by atoms with Gasteiger partial charge in [-0.1, -0.05) is 36.4 Å². The first kappa shape index (κ1) is 17.7. The predicted octanol–water partition coefficient (Wildman–Crippen LogP) is 5.49. The molecule has 4 nitrogen and oxygen atoms in total. The van der Waals surface area contributed by atoms with E-state index in [9.17, 15) is 0 Å². The van der Waals surface area contributed by atoms with Crippen molar-refractivity contribution >= 4 is 0 Å². The van der Waals surface area contributed by atoms with Gasteiger partial charge >= 0.3 is 0 Å². The lowest BCUT2D eigenvalue weighted by molar-refractivity contribution is 0.415. The van der Waals surface area contributed by atoms with Crippen molar-refractivity contribution in [2.45, 2.75) is 0 Å². The zero-order valence-electron chi connectivity index (χ0n) is 15.8. The Labute approximate surface area is 164 Å². The number of methoxy groups -OCH3 is 2. The highest BCUT2D eigenvalue weighted by Crippen LogP contribution is 2.26. The molecule has 0 aliphatic rings. The second-order valence-electron chi connectivity index (χ2n) is 6.32. The van der Waals surface area contributed by atoms with Crippen LogP contribution in [0.25, 0.3) is 33.6 Å². The monoisotopic (exact) mass is 368 g/mol. The van der Waals surface area contributed by atoms with Crippen molar-refractivity contribution in [2.75, 3.05) is 14.2 Å². The van der Waals surface area contributed by atoms with E-state index in [0.717, 1.165) is 45.1 Å². The van der Waals surface area contributed by atoms with Crippen molar-refractivity contribution in [1.29, 1.82) is 0 Å². The molecule has 0 saturated heterocycles. The van der Waals surface area contributed by atoms with Crippen LogP contribution < -0.4 is 9.47 Å². The van der Waals surface area contributed by atoms with E-state index in [0.29, 0.717) is 0 Å². The van der Waals surface area contributed by atoms with Crippen LogP contribution in [0.1, 0.15) is 0 Å². The van der Waals surface area contributed by atoms with Crippen LogP contribution in [0.15, 0.2) is 85.2 Å². The predicted molar refractivity (Wildman–Crippen MR) is 111 cm³/mol. The molecule has 138 valence electrons. The number of benzene rings is 2. The van der Waals surface area contributed by atoms with Crippen molar-refractivity contribution in [3.8, 4) is 45.1 Å². The zero-order chi connectivity index (χ0) is 19.3. The maximum atomic E-state index is 5.20. The Balaban J connectivity index is 1.53. The van der Waals surface area contributed by atoms with Crippen LogP contribution in [0, 0.1) is 0 Å². The lowest BCUT2D eigenvalue weighted by Gasteiger charge is -2.07. The van der Waals surface area contributed by atoms with Crippen molar-refractivity contribution in [3.05, 3.63) is 85.2 Å². The minimum absolute atomic E-state index is 0.842. The van der Waals surface area contributed by atoms with Crippen molar-refractivity contribution in [1.82, 2.24) is 9.97 Å². The van der Waals surface area contributed by atoms with Crippen LogP contribution in [-0.4, -0.2) is 24.2 Å². The summed E-state index contributed by atoms with van der Waals surface area (Å²) in [6.45, 7) is 0. The van der Waals surface area contributed by atoms with Crippen molar-refractivity contribution < 1.29 is 9.47 Å². The van der Waals surface area contributed by atoms with Gasteiger partial charge in [-0.15, -0.1) is 0 Å². The highest BCUT2D eigenvalue weighted by Gasteiger charge is 2.05. The van der Waals surface area contributed by atoms with Gasteiger partial charge in [0.1, 0.15) is 11.5 Å². The summed E-state index contributed by atoms with van der Waals surface area (Å²) >= 11 is 0. The molecule has 0 unspecified atom stereocenters. The van der Waals surface area contributed by atoms with Gasteiger partial charge < -0.3 is 9.47 Å². The van der Waals surface area contributed by atoms with Crippen molar-refractivity contribution in [3.63, 3.8) is 0 Å². The average molecular weight is 368 g/mol. The minimum Gasteiger partial charge on any atom is -0.497 e. The molecular formula is C24H20N2O2. The van der Waals surface area contributed by atoms with Crippen LogP contribution in [-0.2, 0) is 0 Å². The minimum atomic E-state index is 0.842. The number of aromatic nitrogens is 2. The van der Waals surface area contributed by atoms with E-state index in [1.165, 1.54) is 0 Å². The van der Waals surface area contributed by atoms with Crippen LogP contribution in [0.2, 0.25) is 0 Å². The maximum absolute atomic E-state index is 5.20. The Morgan fingerprint density at radius 1 is 0.464 bits per heavy atom. The van der Waals surface area contributed by atoms with Crippen LogP contribution >= 0.6 is 0 Å². The Bertz CT molecular complexity index is 951. The lowest BCUT2D eigenvalue weighted by atomic mass is 10.1. The molecule has 0 bridgehead atoms. The first-order chi connectivity index (χ1) is 13.8. The van der Waals surface area contributed by atoms with E-state index in [2.05, 4.69) is 22.1 Å². The number of rotatable bonds is 5. The third kappa shape index (κ3) is 3.71. The van der Waals surface area contributed by atoms with Gasteiger partial charge in [0.15, 0.2) is 0 Å². The standard InChI is InChI=1S/C24H20N2O2/c1-27-21-9-3-17(4-10-21)19-7-13-23(25-15-19)24-14-8-20(16-26-24)18-5-11-22(28-2)12-6-18/h3-16H,1-2H3. The first-order valence-electron chi connectivity index (χ1n) is 8.98. The molecule has 0 spiro atoms. The summed E-state index contributed by atoms with van der Waals surface area (Å²) in [5, 5.41) is 0. The van der Waals surface area contributed by atoms with E-state index in [-0.39, 0.29) is 0 Å². The third-order valence-corrected chi connectivity index (χ3v) is 4.64. The molecule has 4 heteroatoms. The molecule has 0 atom stereocenters. The Hall–Kier alpha value is -3.66. The fourth-order valence-corrected chi connectivity index (χ4v) is 3.00. The summed E-state index contributed by atoms with van der Waals surface area (Å²) in [5.41, 5.74) is 6.00. The second kappa shape index (κ2) is 7.92. The Kier molecular flexibility index (Phi) is 5.02. The smallest absolute Gasteiger partial charge is 0.118 e.